The molecule has 2 amide bonds. The van der Waals surface area contributed by atoms with Crippen LogP contribution in [-0.2, 0) is 19.7 Å². The highest BCUT2D eigenvalue weighted by molar-refractivity contribution is 8.30. The molecule has 1 rings (SSSR count). The van der Waals surface area contributed by atoms with Crippen LogP contribution >= 0.6 is 0 Å². The Morgan fingerprint density at radius 1 is 1.00 bits per heavy atom. The van der Waals surface area contributed by atoms with Crippen LogP contribution in [0.3, 0.4) is 0 Å². The highest BCUT2D eigenvalue weighted by Crippen LogP contribution is 2.04. The van der Waals surface area contributed by atoms with E-state index in [1.165, 1.54) is 0 Å². The minimum atomic E-state index is -4.07. The second kappa shape index (κ2) is 6.01. The van der Waals surface area contributed by atoms with Gasteiger partial charge < -0.3 is 5.32 Å². The van der Waals surface area contributed by atoms with E-state index < -0.39 is 30.1 Å². The highest BCUT2D eigenvalue weighted by atomic mass is 32.3. The van der Waals surface area contributed by atoms with E-state index in [2.05, 4.69) is 10.4 Å². The fourth-order valence-corrected chi connectivity index (χ4v) is 3.84. The van der Waals surface area contributed by atoms with Gasteiger partial charge in [-0.1, -0.05) is 18.2 Å². The third kappa shape index (κ3) is 4.97. The fourth-order valence-electron chi connectivity index (χ4n) is 1.22. The second-order valence-corrected chi connectivity index (χ2v) is 7.97. The van der Waals surface area contributed by atoms with E-state index in [4.69, 9.17) is 0 Å². The molecule has 2 N–H and O–H groups in total. The topological polar surface area (TPSA) is 122 Å². The summed E-state index contributed by atoms with van der Waals surface area (Å²) in [5, 5.41) is 5.49. The van der Waals surface area contributed by atoms with Gasteiger partial charge in [0.05, 0.1) is 0 Å². The van der Waals surface area contributed by atoms with Gasteiger partial charge in [0.25, 0.3) is 4.38 Å². The van der Waals surface area contributed by atoms with Gasteiger partial charge in [0, 0.05) is 18.2 Å². The van der Waals surface area contributed by atoms with Gasteiger partial charge in [-0.25, -0.2) is 27.1 Å². The Labute approximate surface area is 116 Å². The molecular weight excluding hydrogens is 306 g/mol. The van der Waals surface area contributed by atoms with E-state index in [0.29, 0.717) is 18.2 Å². The Morgan fingerprint density at radius 3 is 1.95 bits per heavy atom. The van der Waals surface area contributed by atoms with Crippen molar-refractivity contribution in [2.45, 2.75) is 0 Å². The molecular formula is C10H13N3O5S2. The predicted octanol–water partition coefficient (Wildman–Crippen LogP) is 0.168. The minimum absolute atomic E-state index is 0.445. The van der Waals surface area contributed by atoms with Crippen LogP contribution in [0.2, 0.25) is 0 Å². The maximum atomic E-state index is 11.5. The maximum Gasteiger partial charge on any atom is 0.339 e. The average molecular weight is 319 g/mol. The van der Waals surface area contributed by atoms with Gasteiger partial charge in [0.1, 0.15) is 0 Å². The van der Waals surface area contributed by atoms with E-state index in [-0.39, 0.29) is 0 Å². The van der Waals surface area contributed by atoms with Gasteiger partial charge in [-0.3, -0.25) is 0 Å². The molecule has 0 aliphatic rings. The number of hydrazone groups is 1. The first-order chi connectivity index (χ1) is 9.10. The smallest absolute Gasteiger partial charge is 0.307 e. The molecule has 1 aromatic rings. The molecule has 0 aliphatic heterocycles. The number of hydrogen-bond donors (Lipinski definition) is 2. The summed E-state index contributed by atoms with van der Waals surface area (Å²) in [5.74, 6) is 0. The van der Waals surface area contributed by atoms with Crippen LogP contribution in [-0.4, -0.2) is 39.8 Å². The first kappa shape index (κ1) is 16.1. The van der Waals surface area contributed by atoms with E-state index >= 15 is 0 Å². The Hall–Kier alpha value is -1.94. The van der Waals surface area contributed by atoms with Crippen molar-refractivity contribution in [2.24, 2.45) is 5.10 Å². The van der Waals surface area contributed by atoms with Crippen LogP contribution < -0.4 is 10.7 Å². The zero-order chi connectivity index (χ0) is 15.4. The number of carbonyl (C=O) groups is 1. The van der Waals surface area contributed by atoms with Crippen LogP contribution in [0.4, 0.5) is 10.5 Å². The van der Waals surface area contributed by atoms with E-state index in [0.717, 1.165) is 0 Å². The molecule has 0 aromatic heterocycles. The number of benzene rings is 1. The van der Waals surface area contributed by atoms with Crippen molar-refractivity contribution in [1.82, 2.24) is 5.43 Å². The number of hydrogen-bond acceptors (Lipinski definition) is 6. The predicted molar refractivity (Wildman–Crippen MR) is 75.7 cm³/mol. The summed E-state index contributed by atoms with van der Waals surface area (Å²) < 4.78 is 44.0. The molecule has 0 saturated carbocycles. The first-order valence-electron chi connectivity index (χ1n) is 5.20. The Balaban J connectivity index is 2.87. The highest BCUT2D eigenvalue weighted by Gasteiger charge is 2.25. The lowest BCUT2D eigenvalue weighted by atomic mass is 10.3. The molecule has 0 heterocycles. The summed E-state index contributed by atoms with van der Waals surface area (Å²) in [6, 6.07) is 7.43. The van der Waals surface area contributed by atoms with Crippen molar-refractivity contribution in [3.63, 3.8) is 0 Å². The van der Waals surface area contributed by atoms with Gasteiger partial charge in [0.2, 0.25) is 19.7 Å². The van der Waals surface area contributed by atoms with Crippen LogP contribution in [0, 0.1) is 0 Å². The third-order valence-corrected chi connectivity index (χ3v) is 5.18. The number of amides is 2. The fraction of sp³-hybridized carbons (Fsp3) is 0.200. The largest absolute Gasteiger partial charge is 0.339 e. The Morgan fingerprint density at radius 2 is 1.50 bits per heavy atom. The lowest BCUT2D eigenvalue weighted by Gasteiger charge is -2.05. The Kier molecular flexibility index (Phi) is 4.84. The van der Waals surface area contributed by atoms with Crippen molar-refractivity contribution >= 4 is 35.8 Å². The molecule has 0 spiro atoms. The minimum Gasteiger partial charge on any atom is -0.307 e. The number of urea groups is 1. The van der Waals surface area contributed by atoms with Crippen molar-refractivity contribution in [3.8, 4) is 0 Å². The van der Waals surface area contributed by atoms with Crippen LogP contribution in [0.1, 0.15) is 0 Å². The summed E-state index contributed by atoms with van der Waals surface area (Å²) in [6.45, 7) is 0. The van der Waals surface area contributed by atoms with E-state index in [9.17, 15) is 21.6 Å². The number of para-hydroxylation sites is 1. The molecule has 0 radical (unpaired) electrons. The zero-order valence-electron chi connectivity index (χ0n) is 10.7. The molecule has 0 saturated heterocycles. The normalized spacial score (nSPS) is 11.5. The van der Waals surface area contributed by atoms with Crippen molar-refractivity contribution in [3.05, 3.63) is 30.3 Å². The molecule has 0 atom stereocenters. The van der Waals surface area contributed by atoms with Crippen LogP contribution in [0.5, 0.6) is 0 Å². The van der Waals surface area contributed by atoms with Crippen LogP contribution in [0.25, 0.3) is 0 Å². The summed E-state index contributed by atoms with van der Waals surface area (Å²) in [5.41, 5.74) is 2.27. The molecule has 110 valence electrons. The monoisotopic (exact) mass is 319 g/mol. The van der Waals surface area contributed by atoms with Crippen molar-refractivity contribution in [1.29, 1.82) is 0 Å². The molecule has 1 aromatic carbocycles. The molecule has 20 heavy (non-hydrogen) atoms. The lowest BCUT2D eigenvalue weighted by Crippen LogP contribution is -2.30. The number of nitrogens with one attached hydrogen (secondary N) is 2. The molecule has 0 aliphatic carbocycles. The number of sulfone groups is 2. The number of rotatable bonds is 2. The number of anilines is 1. The van der Waals surface area contributed by atoms with Crippen LogP contribution in [0.15, 0.2) is 35.4 Å². The second-order valence-electron chi connectivity index (χ2n) is 3.85. The molecule has 8 nitrogen and oxygen atoms in total. The maximum absolute atomic E-state index is 11.5. The van der Waals surface area contributed by atoms with E-state index in [1.807, 2.05) is 5.43 Å². The molecule has 0 fully saturated rings. The summed E-state index contributed by atoms with van der Waals surface area (Å²) in [4.78, 5) is 11.5. The summed E-state index contributed by atoms with van der Waals surface area (Å²) >= 11 is 0. The van der Waals surface area contributed by atoms with Crippen molar-refractivity contribution in [2.75, 3.05) is 17.8 Å². The van der Waals surface area contributed by atoms with Crippen molar-refractivity contribution < 1.29 is 21.6 Å². The van der Waals surface area contributed by atoms with Gasteiger partial charge in [-0.2, -0.15) is 0 Å². The molecule has 10 heteroatoms. The standard InChI is InChI=1S/C10H13N3O5S2/c1-19(15,16)10(20(2,17)18)13-12-9(14)11-8-6-4-3-5-7-8/h3-7H,1-2H3,(H2,11,12,14). The number of carbonyl (C=O) groups excluding carboxylic acids is 1. The molecule has 0 bridgehead atoms. The zero-order valence-corrected chi connectivity index (χ0v) is 12.3. The molecule has 0 unspecified atom stereocenters. The number of nitrogens with zero attached hydrogens (tertiary/aromatic N) is 1. The lowest BCUT2D eigenvalue weighted by molar-refractivity contribution is 0.252. The van der Waals surface area contributed by atoms with Gasteiger partial charge in [-0.15, -0.1) is 5.10 Å². The summed E-state index contributed by atoms with van der Waals surface area (Å²) in [7, 11) is -8.14. The third-order valence-electron chi connectivity index (χ3n) is 1.91. The summed E-state index contributed by atoms with van der Waals surface area (Å²) in [6.07, 6.45) is 1.37. The quantitative estimate of drug-likeness (QED) is 0.457. The Bertz CT molecular complexity index is 689. The first-order valence-corrected chi connectivity index (χ1v) is 8.99. The SMILES string of the molecule is CS(=O)(=O)C(=NNC(=O)Nc1ccccc1)S(C)(=O)=O. The van der Waals surface area contributed by atoms with Gasteiger partial charge in [-0.05, 0) is 12.1 Å². The van der Waals surface area contributed by atoms with E-state index in [1.54, 1.807) is 30.3 Å². The van der Waals surface area contributed by atoms with Gasteiger partial charge in [0.15, 0.2) is 0 Å². The average Bonchev–Trinajstić information content (AvgIpc) is 2.26. The van der Waals surface area contributed by atoms with Gasteiger partial charge >= 0.3 is 6.03 Å².